The Hall–Kier alpha value is -1.35. The van der Waals surface area contributed by atoms with Gasteiger partial charge in [-0.3, -0.25) is 9.69 Å². The Balaban J connectivity index is 1.74. The fourth-order valence-corrected chi connectivity index (χ4v) is 2.30. The molecule has 1 aliphatic rings. The van der Waals surface area contributed by atoms with E-state index in [1.807, 2.05) is 25.1 Å². The number of carbonyl (C=O) groups excluding carboxylic acids is 1. The fourth-order valence-electron chi connectivity index (χ4n) is 2.30. The van der Waals surface area contributed by atoms with Crippen molar-refractivity contribution in [2.24, 2.45) is 5.92 Å². The number of aryl methyl sites for hydroxylation is 1. The molecule has 1 aromatic carbocycles. The lowest BCUT2D eigenvalue weighted by atomic mass is 9.99. The van der Waals surface area contributed by atoms with Crippen LogP contribution < -0.4 is 4.74 Å². The predicted molar refractivity (Wildman–Crippen MR) is 71.9 cm³/mol. The smallest absolute Gasteiger partial charge is 0.138 e. The van der Waals surface area contributed by atoms with Crippen molar-refractivity contribution in [2.45, 2.75) is 20.3 Å². The van der Waals surface area contributed by atoms with Gasteiger partial charge in [-0.1, -0.05) is 19.1 Å². The van der Waals surface area contributed by atoms with Crippen LogP contribution in [0.2, 0.25) is 0 Å². The van der Waals surface area contributed by atoms with Crippen LogP contribution in [0.25, 0.3) is 0 Å². The summed E-state index contributed by atoms with van der Waals surface area (Å²) in [6, 6.07) is 8.09. The molecule has 1 aliphatic heterocycles. The van der Waals surface area contributed by atoms with E-state index in [1.165, 1.54) is 5.56 Å². The molecule has 0 saturated carbocycles. The van der Waals surface area contributed by atoms with Gasteiger partial charge in [-0.05, 0) is 24.6 Å². The topological polar surface area (TPSA) is 29.5 Å². The first-order valence-electron chi connectivity index (χ1n) is 6.59. The maximum Gasteiger partial charge on any atom is 0.138 e. The summed E-state index contributed by atoms with van der Waals surface area (Å²) in [5.74, 6) is 1.50. The molecule has 0 N–H and O–H groups in total. The molecule has 0 radical (unpaired) electrons. The molecular formula is C15H21NO2. The van der Waals surface area contributed by atoms with Crippen LogP contribution in [-0.2, 0) is 4.79 Å². The first-order valence-corrected chi connectivity index (χ1v) is 6.59. The van der Waals surface area contributed by atoms with E-state index in [-0.39, 0.29) is 5.92 Å². The van der Waals surface area contributed by atoms with Crippen LogP contribution >= 0.6 is 0 Å². The van der Waals surface area contributed by atoms with Gasteiger partial charge in [0.25, 0.3) is 0 Å². The second-order valence-electron chi connectivity index (χ2n) is 5.08. The lowest BCUT2D eigenvalue weighted by Crippen LogP contribution is -2.41. The Morgan fingerprint density at radius 3 is 3.00 bits per heavy atom. The predicted octanol–water partition coefficient (Wildman–Crippen LogP) is 2.28. The van der Waals surface area contributed by atoms with E-state index in [4.69, 9.17) is 4.74 Å². The van der Waals surface area contributed by atoms with Gasteiger partial charge in [-0.25, -0.2) is 0 Å². The lowest BCUT2D eigenvalue weighted by molar-refractivity contribution is -0.125. The average Bonchev–Trinajstić information content (AvgIpc) is 2.34. The van der Waals surface area contributed by atoms with E-state index in [9.17, 15) is 4.79 Å². The normalized spacial score (nSPS) is 21.0. The van der Waals surface area contributed by atoms with Crippen molar-refractivity contribution in [3.8, 4) is 5.75 Å². The number of likely N-dealkylation sites (tertiary alicyclic amines) is 1. The summed E-state index contributed by atoms with van der Waals surface area (Å²) in [7, 11) is 0. The number of benzene rings is 1. The Kier molecular flexibility index (Phi) is 4.37. The molecule has 3 heteroatoms. The molecule has 0 spiro atoms. The van der Waals surface area contributed by atoms with Gasteiger partial charge >= 0.3 is 0 Å². The minimum atomic E-state index is 0.178. The number of ether oxygens (including phenoxy) is 1. The van der Waals surface area contributed by atoms with Crippen molar-refractivity contribution >= 4 is 5.78 Å². The Morgan fingerprint density at radius 2 is 2.28 bits per heavy atom. The first-order chi connectivity index (χ1) is 8.65. The van der Waals surface area contributed by atoms with Crippen molar-refractivity contribution in [3.63, 3.8) is 0 Å². The molecule has 1 unspecified atom stereocenters. The van der Waals surface area contributed by atoms with Crippen molar-refractivity contribution in [3.05, 3.63) is 29.8 Å². The van der Waals surface area contributed by atoms with E-state index in [0.717, 1.165) is 25.4 Å². The number of piperidine rings is 1. The molecule has 0 aliphatic carbocycles. The molecular weight excluding hydrogens is 226 g/mol. The molecule has 0 aromatic heterocycles. The summed E-state index contributed by atoms with van der Waals surface area (Å²) in [5, 5.41) is 0. The standard InChI is InChI=1S/C15H21NO2/c1-12-4-3-5-14(10-12)18-9-8-16-7-6-15(17)13(2)11-16/h3-5,10,13H,6-9,11H2,1-2H3. The van der Waals surface area contributed by atoms with E-state index in [2.05, 4.69) is 17.9 Å². The molecule has 0 amide bonds. The van der Waals surface area contributed by atoms with Crippen LogP contribution in [0.15, 0.2) is 24.3 Å². The fraction of sp³-hybridized carbons (Fsp3) is 0.533. The number of hydrogen-bond acceptors (Lipinski definition) is 3. The molecule has 1 heterocycles. The van der Waals surface area contributed by atoms with Gasteiger partial charge < -0.3 is 4.74 Å². The van der Waals surface area contributed by atoms with Crippen molar-refractivity contribution in [2.75, 3.05) is 26.2 Å². The summed E-state index contributed by atoms with van der Waals surface area (Å²) in [6.45, 7) is 7.40. The third-order valence-electron chi connectivity index (χ3n) is 3.42. The van der Waals surface area contributed by atoms with Gasteiger partial charge in [0.1, 0.15) is 18.1 Å². The Labute approximate surface area is 109 Å². The van der Waals surface area contributed by atoms with Crippen LogP contribution in [0.1, 0.15) is 18.9 Å². The molecule has 98 valence electrons. The number of rotatable bonds is 4. The zero-order valence-corrected chi connectivity index (χ0v) is 11.2. The minimum absolute atomic E-state index is 0.178. The molecule has 1 aromatic rings. The summed E-state index contributed by atoms with van der Waals surface area (Å²) >= 11 is 0. The second-order valence-corrected chi connectivity index (χ2v) is 5.08. The van der Waals surface area contributed by atoms with Gasteiger partial charge in [0.15, 0.2) is 0 Å². The molecule has 1 saturated heterocycles. The maximum absolute atomic E-state index is 11.4. The number of ketones is 1. The highest BCUT2D eigenvalue weighted by molar-refractivity contribution is 5.81. The molecule has 0 bridgehead atoms. The monoisotopic (exact) mass is 247 g/mol. The minimum Gasteiger partial charge on any atom is -0.492 e. The van der Waals surface area contributed by atoms with Crippen LogP contribution in [0, 0.1) is 12.8 Å². The molecule has 18 heavy (non-hydrogen) atoms. The third kappa shape index (κ3) is 3.57. The average molecular weight is 247 g/mol. The van der Waals surface area contributed by atoms with Gasteiger partial charge in [0, 0.05) is 32.0 Å². The second kappa shape index (κ2) is 6.01. The van der Waals surface area contributed by atoms with Crippen LogP contribution in [0.3, 0.4) is 0 Å². The number of hydrogen-bond donors (Lipinski definition) is 0. The maximum atomic E-state index is 11.4. The lowest BCUT2D eigenvalue weighted by Gasteiger charge is -2.29. The zero-order chi connectivity index (χ0) is 13.0. The first kappa shape index (κ1) is 13.1. The van der Waals surface area contributed by atoms with E-state index in [1.54, 1.807) is 0 Å². The van der Waals surface area contributed by atoms with Crippen LogP contribution in [0.4, 0.5) is 0 Å². The van der Waals surface area contributed by atoms with Crippen LogP contribution in [0.5, 0.6) is 5.75 Å². The zero-order valence-electron chi connectivity index (χ0n) is 11.2. The van der Waals surface area contributed by atoms with E-state index >= 15 is 0 Å². The molecule has 1 atom stereocenters. The highest BCUT2D eigenvalue weighted by Crippen LogP contribution is 2.14. The van der Waals surface area contributed by atoms with Crippen molar-refractivity contribution in [1.82, 2.24) is 4.90 Å². The summed E-state index contributed by atoms with van der Waals surface area (Å²) in [6.07, 6.45) is 0.686. The molecule has 3 nitrogen and oxygen atoms in total. The summed E-state index contributed by atoms with van der Waals surface area (Å²) < 4.78 is 5.73. The summed E-state index contributed by atoms with van der Waals surface area (Å²) in [4.78, 5) is 13.7. The SMILES string of the molecule is Cc1cccc(OCCN2CCC(=O)C(C)C2)c1. The highest BCUT2D eigenvalue weighted by Gasteiger charge is 2.22. The third-order valence-corrected chi connectivity index (χ3v) is 3.42. The van der Waals surface area contributed by atoms with Gasteiger partial charge in [0.05, 0.1) is 0 Å². The Bertz CT molecular complexity index is 417. The number of nitrogens with zero attached hydrogens (tertiary/aromatic N) is 1. The molecule has 2 rings (SSSR count). The highest BCUT2D eigenvalue weighted by atomic mass is 16.5. The van der Waals surface area contributed by atoms with Gasteiger partial charge in [-0.2, -0.15) is 0 Å². The number of carbonyl (C=O) groups is 1. The largest absolute Gasteiger partial charge is 0.492 e. The van der Waals surface area contributed by atoms with Gasteiger partial charge in [0.2, 0.25) is 0 Å². The quantitative estimate of drug-likeness (QED) is 0.817. The van der Waals surface area contributed by atoms with E-state index < -0.39 is 0 Å². The van der Waals surface area contributed by atoms with Gasteiger partial charge in [-0.15, -0.1) is 0 Å². The summed E-state index contributed by atoms with van der Waals surface area (Å²) in [5.41, 5.74) is 1.21. The van der Waals surface area contributed by atoms with Crippen molar-refractivity contribution in [1.29, 1.82) is 0 Å². The molecule has 1 fully saturated rings. The number of Topliss-reactive ketones (excluding diaryl/α,β-unsaturated/α-hetero) is 1. The van der Waals surface area contributed by atoms with Crippen molar-refractivity contribution < 1.29 is 9.53 Å². The Morgan fingerprint density at radius 1 is 1.44 bits per heavy atom. The van der Waals surface area contributed by atoms with Crippen LogP contribution in [-0.4, -0.2) is 36.9 Å². The van der Waals surface area contributed by atoms with E-state index in [0.29, 0.717) is 18.8 Å².